The Balaban J connectivity index is 2.10. The number of amides is 2. The summed E-state index contributed by atoms with van der Waals surface area (Å²) in [7, 11) is 0. The van der Waals surface area contributed by atoms with E-state index in [9.17, 15) is 9.59 Å². The third-order valence-electron chi connectivity index (χ3n) is 3.19. The lowest BCUT2D eigenvalue weighted by Gasteiger charge is -2.15. The smallest absolute Gasteiger partial charge is 0.257 e. The van der Waals surface area contributed by atoms with Gasteiger partial charge in [0.05, 0.1) is 11.3 Å². The molecule has 2 rings (SSSR count). The number of rotatable bonds is 4. The summed E-state index contributed by atoms with van der Waals surface area (Å²) in [6.45, 7) is 3.74. The first-order valence-corrected chi connectivity index (χ1v) is 8.91. The van der Waals surface area contributed by atoms with Crippen molar-refractivity contribution in [2.75, 3.05) is 5.32 Å². The Morgan fingerprint density at radius 1 is 1.00 bits per heavy atom. The second kappa shape index (κ2) is 8.98. The highest BCUT2D eigenvalue weighted by Crippen LogP contribution is 2.19. The van der Waals surface area contributed by atoms with Gasteiger partial charge in [-0.15, -0.1) is 0 Å². The average molecular weight is 410 g/mol. The minimum atomic E-state index is -0.462. The van der Waals surface area contributed by atoms with Gasteiger partial charge in [-0.25, -0.2) is 0 Å². The van der Waals surface area contributed by atoms with Crippen LogP contribution in [0.4, 0.5) is 5.69 Å². The third-order valence-corrected chi connectivity index (χ3v) is 3.83. The van der Waals surface area contributed by atoms with Crippen LogP contribution in [0.15, 0.2) is 42.5 Å². The molecule has 5 nitrogen and oxygen atoms in total. The first-order valence-electron chi connectivity index (χ1n) is 7.74. The number of hydrogen-bond donors (Lipinski definition) is 3. The van der Waals surface area contributed by atoms with Gasteiger partial charge in [-0.1, -0.05) is 35.3 Å². The number of nitrogens with one attached hydrogen (secondary N) is 3. The van der Waals surface area contributed by atoms with Crippen LogP contribution in [-0.4, -0.2) is 23.0 Å². The molecule has 0 atom stereocenters. The van der Waals surface area contributed by atoms with E-state index in [0.717, 1.165) is 0 Å². The molecule has 2 amide bonds. The lowest BCUT2D eigenvalue weighted by molar-refractivity contribution is 0.0942. The minimum absolute atomic E-state index is 0.00483. The number of carbonyl (C=O) groups excluding carboxylic acids is 2. The van der Waals surface area contributed by atoms with E-state index in [4.69, 9.17) is 35.4 Å². The Morgan fingerprint density at radius 2 is 1.62 bits per heavy atom. The molecule has 136 valence electrons. The van der Waals surface area contributed by atoms with Crippen molar-refractivity contribution in [1.29, 1.82) is 0 Å². The summed E-state index contributed by atoms with van der Waals surface area (Å²) < 4.78 is 0. The predicted molar refractivity (Wildman–Crippen MR) is 109 cm³/mol. The molecule has 0 aliphatic heterocycles. The maximum absolute atomic E-state index is 12.3. The molecular weight excluding hydrogens is 393 g/mol. The normalized spacial score (nSPS) is 10.3. The molecular formula is C18H17Cl2N3O2S. The van der Waals surface area contributed by atoms with Crippen LogP contribution in [0.2, 0.25) is 10.0 Å². The fourth-order valence-corrected chi connectivity index (χ4v) is 2.87. The lowest BCUT2D eigenvalue weighted by atomic mass is 10.1. The Bertz CT molecular complexity index is 836. The van der Waals surface area contributed by atoms with Crippen LogP contribution in [0.3, 0.4) is 0 Å². The number of carbonyl (C=O) groups is 2. The SMILES string of the molecule is CC(C)NC(=O)c1ccccc1NC(=S)NC(=O)c1cc(Cl)cc(Cl)c1. The molecule has 0 aromatic heterocycles. The number of benzene rings is 2. The van der Waals surface area contributed by atoms with Crippen molar-refractivity contribution in [3.63, 3.8) is 0 Å². The Hall–Kier alpha value is -2.15. The van der Waals surface area contributed by atoms with E-state index in [-0.39, 0.29) is 22.6 Å². The van der Waals surface area contributed by atoms with E-state index in [1.807, 2.05) is 13.8 Å². The van der Waals surface area contributed by atoms with E-state index in [1.165, 1.54) is 18.2 Å². The average Bonchev–Trinajstić information content (AvgIpc) is 2.53. The molecule has 0 fully saturated rings. The Morgan fingerprint density at radius 3 is 2.23 bits per heavy atom. The van der Waals surface area contributed by atoms with Gasteiger partial charge in [-0.2, -0.15) is 0 Å². The van der Waals surface area contributed by atoms with Gasteiger partial charge in [0, 0.05) is 21.7 Å². The van der Waals surface area contributed by atoms with Crippen molar-refractivity contribution in [2.24, 2.45) is 0 Å². The van der Waals surface area contributed by atoms with Crippen LogP contribution in [0.1, 0.15) is 34.6 Å². The highest BCUT2D eigenvalue weighted by molar-refractivity contribution is 7.80. The molecule has 0 radical (unpaired) electrons. The van der Waals surface area contributed by atoms with Crippen molar-refractivity contribution < 1.29 is 9.59 Å². The second-order valence-electron chi connectivity index (χ2n) is 5.74. The monoisotopic (exact) mass is 409 g/mol. The van der Waals surface area contributed by atoms with Crippen LogP contribution in [0.5, 0.6) is 0 Å². The van der Waals surface area contributed by atoms with Gasteiger partial charge in [-0.3, -0.25) is 14.9 Å². The fraction of sp³-hybridized carbons (Fsp3) is 0.167. The summed E-state index contributed by atoms with van der Waals surface area (Å²) in [6.07, 6.45) is 0. The summed E-state index contributed by atoms with van der Waals surface area (Å²) in [4.78, 5) is 24.5. The molecule has 0 unspecified atom stereocenters. The van der Waals surface area contributed by atoms with Gasteiger partial charge in [0.2, 0.25) is 0 Å². The Labute approximate surface area is 167 Å². The molecule has 2 aromatic rings. The summed E-state index contributed by atoms with van der Waals surface area (Å²) in [5.74, 6) is -0.699. The highest BCUT2D eigenvalue weighted by atomic mass is 35.5. The zero-order chi connectivity index (χ0) is 19.3. The number of thiocarbonyl (C=S) groups is 1. The van der Waals surface area contributed by atoms with Crippen molar-refractivity contribution in [3.8, 4) is 0 Å². The summed E-state index contributed by atoms with van der Waals surface area (Å²) in [5, 5.41) is 8.96. The molecule has 0 saturated heterocycles. The first kappa shape index (κ1) is 20.2. The van der Waals surface area contributed by atoms with Crippen LogP contribution in [0, 0.1) is 0 Å². The molecule has 0 spiro atoms. The maximum atomic E-state index is 12.3. The number of halogens is 2. The fourth-order valence-electron chi connectivity index (χ4n) is 2.14. The topological polar surface area (TPSA) is 70.2 Å². The van der Waals surface area contributed by atoms with E-state index in [1.54, 1.807) is 24.3 Å². The van der Waals surface area contributed by atoms with E-state index in [0.29, 0.717) is 21.3 Å². The number of anilines is 1. The third kappa shape index (κ3) is 5.69. The van der Waals surface area contributed by atoms with Crippen LogP contribution >= 0.6 is 35.4 Å². The molecule has 2 aromatic carbocycles. The zero-order valence-electron chi connectivity index (χ0n) is 14.1. The molecule has 0 bridgehead atoms. The highest BCUT2D eigenvalue weighted by Gasteiger charge is 2.14. The first-order chi connectivity index (χ1) is 12.3. The molecule has 0 aliphatic carbocycles. The Kier molecular flexibility index (Phi) is 6.97. The summed E-state index contributed by atoms with van der Waals surface area (Å²) >= 11 is 17.0. The van der Waals surface area contributed by atoms with Gasteiger partial charge in [0.25, 0.3) is 11.8 Å². The van der Waals surface area contributed by atoms with E-state index in [2.05, 4.69) is 16.0 Å². The van der Waals surface area contributed by atoms with Crippen LogP contribution in [-0.2, 0) is 0 Å². The second-order valence-corrected chi connectivity index (χ2v) is 7.02. The molecule has 3 N–H and O–H groups in total. The minimum Gasteiger partial charge on any atom is -0.350 e. The number of para-hydroxylation sites is 1. The quantitative estimate of drug-likeness (QED) is 0.659. The zero-order valence-corrected chi connectivity index (χ0v) is 16.4. The van der Waals surface area contributed by atoms with Gasteiger partial charge >= 0.3 is 0 Å². The standard InChI is InChI=1S/C18H17Cl2N3O2S/c1-10(2)21-17(25)14-5-3-4-6-15(14)22-18(26)23-16(24)11-7-12(19)9-13(20)8-11/h3-10H,1-2H3,(H,21,25)(H2,22,23,24,26). The molecule has 0 saturated carbocycles. The molecule has 26 heavy (non-hydrogen) atoms. The van der Waals surface area contributed by atoms with Gasteiger partial charge in [-0.05, 0) is 56.4 Å². The summed E-state index contributed by atoms with van der Waals surface area (Å²) in [6, 6.07) is 11.4. The maximum Gasteiger partial charge on any atom is 0.257 e. The van der Waals surface area contributed by atoms with Crippen molar-refractivity contribution in [2.45, 2.75) is 19.9 Å². The van der Waals surface area contributed by atoms with Gasteiger partial charge in [0.15, 0.2) is 5.11 Å². The van der Waals surface area contributed by atoms with Crippen LogP contribution in [0.25, 0.3) is 0 Å². The molecule has 8 heteroatoms. The van der Waals surface area contributed by atoms with Gasteiger partial charge in [0.1, 0.15) is 0 Å². The largest absolute Gasteiger partial charge is 0.350 e. The number of hydrogen-bond acceptors (Lipinski definition) is 3. The predicted octanol–water partition coefficient (Wildman–Crippen LogP) is 4.26. The van der Waals surface area contributed by atoms with Crippen molar-refractivity contribution >= 4 is 58.0 Å². The van der Waals surface area contributed by atoms with E-state index < -0.39 is 5.91 Å². The summed E-state index contributed by atoms with van der Waals surface area (Å²) in [5.41, 5.74) is 1.18. The molecule has 0 heterocycles. The van der Waals surface area contributed by atoms with Gasteiger partial charge < -0.3 is 10.6 Å². The van der Waals surface area contributed by atoms with E-state index >= 15 is 0 Å². The van der Waals surface area contributed by atoms with Crippen molar-refractivity contribution in [3.05, 3.63) is 63.6 Å². The molecule has 0 aliphatic rings. The van der Waals surface area contributed by atoms with Crippen LogP contribution < -0.4 is 16.0 Å². The van der Waals surface area contributed by atoms with Crippen molar-refractivity contribution in [1.82, 2.24) is 10.6 Å². The lowest BCUT2D eigenvalue weighted by Crippen LogP contribution is -2.35.